The van der Waals surface area contributed by atoms with Gasteiger partial charge in [0.25, 0.3) is 0 Å². The van der Waals surface area contributed by atoms with Crippen molar-refractivity contribution in [2.75, 3.05) is 9.80 Å². The van der Waals surface area contributed by atoms with Crippen molar-refractivity contribution in [2.45, 2.75) is 19.3 Å². The predicted octanol–water partition coefficient (Wildman–Crippen LogP) is 14.4. The summed E-state index contributed by atoms with van der Waals surface area (Å²) in [5.41, 5.74) is 16.1. The first-order chi connectivity index (χ1) is 26.5. The molecule has 0 saturated heterocycles. The Kier molecular flexibility index (Phi) is 7.48. The van der Waals surface area contributed by atoms with Crippen LogP contribution in [0.15, 0.2) is 194 Å². The molecule has 2 heterocycles. The molecular formula is C51H38N2O. The van der Waals surface area contributed by atoms with E-state index in [9.17, 15) is 0 Å². The monoisotopic (exact) mass is 694 g/mol. The van der Waals surface area contributed by atoms with Crippen LogP contribution in [-0.4, -0.2) is 0 Å². The number of rotatable bonds is 6. The van der Waals surface area contributed by atoms with Crippen molar-refractivity contribution in [3.05, 3.63) is 205 Å². The summed E-state index contributed by atoms with van der Waals surface area (Å²) in [6.45, 7) is 4.64. The molecule has 0 spiro atoms. The zero-order valence-electron chi connectivity index (χ0n) is 30.3. The second-order valence-electron chi connectivity index (χ2n) is 14.6. The molecule has 8 aromatic rings. The quantitative estimate of drug-likeness (QED) is 0.172. The van der Waals surface area contributed by atoms with Gasteiger partial charge in [-0.25, -0.2) is 0 Å². The molecule has 0 radical (unpaired) electrons. The van der Waals surface area contributed by atoms with Crippen LogP contribution in [0.4, 0.5) is 34.1 Å². The summed E-state index contributed by atoms with van der Waals surface area (Å²) in [4.78, 5) is 4.71. The highest BCUT2D eigenvalue weighted by Gasteiger charge is 2.42. The molecule has 2 aliphatic rings. The molecule has 3 heteroatoms. The van der Waals surface area contributed by atoms with Crippen molar-refractivity contribution in [3.63, 3.8) is 0 Å². The molecule has 0 atom stereocenters. The highest BCUT2D eigenvalue weighted by Crippen LogP contribution is 2.61. The minimum Gasteiger partial charge on any atom is -0.452 e. The van der Waals surface area contributed by atoms with Crippen LogP contribution in [0.25, 0.3) is 33.4 Å². The third kappa shape index (κ3) is 5.20. The van der Waals surface area contributed by atoms with Crippen LogP contribution in [0, 0.1) is 0 Å². The Balaban J connectivity index is 0.985. The van der Waals surface area contributed by atoms with Gasteiger partial charge >= 0.3 is 0 Å². The first-order valence-corrected chi connectivity index (χ1v) is 18.6. The van der Waals surface area contributed by atoms with Crippen LogP contribution in [-0.2, 0) is 5.41 Å². The predicted molar refractivity (Wildman–Crippen MR) is 224 cm³/mol. The summed E-state index contributed by atoms with van der Waals surface area (Å²) in [6, 6.07) is 69.4. The van der Waals surface area contributed by atoms with Crippen LogP contribution in [0.2, 0.25) is 0 Å². The van der Waals surface area contributed by atoms with Gasteiger partial charge in [-0.3, -0.25) is 0 Å². The lowest BCUT2D eigenvalue weighted by atomic mass is 9.72. The smallest absolute Gasteiger partial charge is 0.159 e. The average molecular weight is 695 g/mol. The first kappa shape index (κ1) is 31.9. The van der Waals surface area contributed by atoms with Crippen molar-refractivity contribution in [3.8, 4) is 44.9 Å². The van der Waals surface area contributed by atoms with Crippen LogP contribution in [0.3, 0.4) is 0 Å². The van der Waals surface area contributed by atoms with Crippen LogP contribution in [0.1, 0.15) is 25.0 Å². The Bertz CT molecular complexity index is 2630. The second kappa shape index (κ2) is 12.7. The summed E-state index contributed by atoms with van der Waals surface area (Å²) in [6.07, 6.45) is 0. The van der Waals surface area contributed by atoms with Gasteiger partial charge in [-0.05, 0) is 93.5 Å². The van der Waals surface area contributed by atoms with Crippen molar-refractivity contribution < 1.29 is 4.74 Å². The highest BCUT2D eigenvalue weighted by molar-refractivity contribution is 5.97. The van der Waals surface area contributed by atoms with E-state index in [1.165, 1.54) is 39.1 Å². The number of hydrogen-bond donors (Lipinski definition) is 0. The van der Waals surface area contributed by atoms with Crippen LogP contribution >= 0.6 is 0 Å². The molecule has 0 amide bonds. The molecular weight excluding hydrogens is 657 g/mol. The van der Waals surface area contributed by atoms with E-state index in [0.717, 1.165) is 51.1 Å². The maximum atomic E-state index is 6.82. The third-order valence-electron chi connectivity index (χ3n) is 11.1. The van der Waals surface area contributed by atoms with Gasteiger partial charge in [-0.15, -0.1) is 0 Å². The molecule has 0 saturated carbocycles. The third-order valence-corrected chi connectivity index (χ3v) is 11.1. The summed E-state index contributed by atoms with van der Waals surface area (Å²) < 4.78 is 6.82. The lowest BCUT2D eigenvalue weighted by Gasteiger charge is -2.45. The molecule has 258 valence electrons. The standard InChI is InChI=1S/C51H38N2O/c1-51(2)44-17-9-10-18-46(44)53-47-19-11-12-20-48(47)54-50-43(33-34-45(51)49(50)53)39-23-21-36(22-24-39)38-27-31-42(32-28-38)52(40-15-7-4-8-16-40)41-29-25-37(26-30-41)35-13-5-3-6-14-35/h3-34H,1-2H3. The van der Waals surface area contributed by atoms with Gasteiger partial charge in [-0.2, -0.15) is 0 Å². The van der Waals surface area contributed by atoms with Crippen LogP contribution in [0.5, 0.6) is 11.5 Å². The lowest BCUT2D eigenvalue weighted by Crippen LogP contribution is -2.32. The summed E-state index contributed by atoms with van der Waals surface area (Å²) in [5, 5.41) is 0. The Hall–Kier alpha value is -6.84. The number of nitrogens with zero attached hydrogens (tertiary/aromatic N) is 2. The fraction of sp³-hybridized carbons (Fsp3) is 0.0588. The zero-order chi connectivity index (χ0) is 36.2. The molecule has 0 N–H and O–H groups in total. The second-order valence-corrected chi connectivity index (χ2v) is 14.6. The molecule has 0 unspecified atom stereocenters. The summed E-state index contributed by atoms with van der Waals surface area (Å²) >= 11 is 0. The van der Waals surface area contributed by atoms with Crippen molar-refractivity contribution in [1.29, 1.82) is 0 Å². The molecule has 10 rings (SSSR count). The summed E-state index contributed by atoms with van der Waals surface area (Å²) in [5.74, 6) is 1.77. The van der Waals surface area contributed by atoms with Gasteiger partial charge in [0.15, 0.2) is 11.5 Å². The Morgan fingerprint density at radius 3 is 1.54 bits per heavy atom. The molecule has 8 aromatic carbocycles. The lowest BCUT2D eigenvalue weighted by molar-refractivity contribution is 0.473. The Labute approximate surface area is 317 Å². The molecule has 2 aliphatic heterocycles. The Morgan fingerprint density at radius 2 is 0.889 bits per heavy atom. The number of fused-ring (bicyclic) bond motifs is 4. The molecule has 3 nitrogen and oxygen atoms in total. The molecule has 0 fully saturated rings. The average Bonchev–Trinajstić information content (AvgIpc) is 3.23. The zero-order valence-corrected chi connectivity index (χ0v) is 30.3. The van der Waals surface area contributed by atoms with Gasteiger partial charge in [0.1, 0.15) is 0 Å². The number of anilines is 6. The van der Waals surface area contributed by atoms with E-state index >= 15 is 0 Å². The summed E-state index contributed by atoms with van der Waals surface area (Å²) in [7, 11) is 0. The SMILES string of the molecule is CC1(C)c2ccccc2N2c3ccccc3Oc3c(-c4ccc(-c5ccc(N(c6ccccc6)c6ccc(-c7ccccc7)cc6)cc5)cc4)ccc1c32. The van der Waals surface area contributed by atoms with Crippen LogP contribution < -0.4 is 14.5 Å². The number of hydrogen-bond acceptors (Lipinski definition) is 3. The van der Waals surface area contributed by atoms with Gasteiger partial charge in [0.05, 0.1) is 17.1 Å². The minimum atomic E-state index is -0.178. The van der Waals surface area contributed by atoms with Gasteiger partial charge in [0, 0.05) is 28.0 Å². The van der Waals surface area contributed by atoms with Crippen molar-refractivity contribution >= 4 is 34.1 Å². The van der Waals surface area contributed by atoms with Crippen molar-refractivity contribution in [2.24, 2.45) is 0 Å². The first-order valence-electron chi connectivity index (χ1n) is 18.6. The molecule has 0 bridgehead atoms. The fourth-order valence-corrected chi connectivity index (χ4v) is 8.28. The number of ether oxygens (including phenoxy) is 1. The van der Waals surface area contributed by atoms with E-state index in [4.69, 9.17) is 4.74 Å². The van der Waals surface area contributed by atoms with E-state index in [1.807, 2.05) is 6.07 Å². The van der Waals surface area contributed by atoms with E-state index in [-0.39, 0.29) is 5.41 Å². The number of benzene rings is 8. The molecule has 54 heavy (non-hydrogen) atoms. The topological polar surface area (TPSA) is 15.7 Å². The normalized spacial score (nSPS) is 13.3. The van der Waals surface area contributed by atoms with Gasteiger partial charge < -0.3 is 14.5 Å². The molecule has 0 aromatic heterocycles. The number of para-hydroxylation sites is 4. The molecule has 0 aliphatic carbocycles. The van der Waals surface area contributed by atoms with Gasteiger partial charge in [0.2, 0.25) is 0 Å². The largest absolute Gasteiger partial charge is 0.452 e. The Morgan fingerprint density at radius 1 is 0.407 bits per heavy atom. The van der Waals surface area contributed by atoms with E-state index in [1.54, 1.807) is 0 Å². The van der Waals surface area contributed by atoms with E-state index in [2.05, 4.69) is 212 Å². The van der Waals surface area contributed by atoms with E-state index in [0.29, 0.717) is 0 Å². The van der Waals surface area contributed by atoms with Crippen molar-refractivity contribution in [1.82, 2.24) is 0 Å². The maximum absolute atomic E-state index is 6.82. The fourth-order valence-electron chi connectivity index (χ4n) is 8.28. The van der Waals surface area contributed by atoms with Gasteiger partial charge in [-0.1, -0.05) is 153 Å². The maximum Gasteiger partial charge on any atom is 0.159 e. The highest BCUT2D eigenvalue weighted by atomic mass is 16.5. The minimum absolute atomic E-state index is 0.178. The van der Waals surface area contributed by atoms with E-state index < -0.39 is 0 Å².